The summed E-state index contributed by atoms with van der Waals surface area (Å²) >= 11 is 0. The van der Waals surface area contributed by atoms with E-state index in [-0.39, 0.29) is 17.4 Å². The molecule has 0 aromatic carbocycles. The number of rotatable bonds is 3. The number of fused-ring (bicyclic) bond motifs is 3. The first-order valence-electron chi connectivity index (χ1n) is 6.55. The lowest BCUT2D eigenvalue weighted by Gasteiger charge is -2.52. The van der Waals surface area contributed by atoms with Crippen molar-refractivity contribution in [3.05, 3.63) is 0 Å². The van der Waals surface area contributed by atoms with Gasteiger partial charge in [-0.2, -0.15) is 0 Å². The van der Waals surface area contributed by atoms with Gasteiger partial charge in [0, 0.05) is 20.4 Å². The highest BCUT2D eigenvalue weighted by atomic mass is 16.2. The van der Waals surface area contributed by atoms with Gasteiger partial charge in [-0.05, 0) is 31.1 Å². The van der Waals surface area contributed by atoms with Crippen LogP contribution < -0.4 is 10.6 Å². The Morgan fingerprint density at radius 1 is 1.12 bits per heavy atom. The second-order valence-electron chi connectivity index (χ2n) is 5.67. The number of hydrogen-bond acceptors (Lipinski definition) is 2. The lowest BCUT2D eigenvalue weighted by atomic mass is 9.60. The highest BCUT2D eigenvalue weighted by Crippen LogP contribution is 2.47. The molecule has 2 bridgehead atoms. The Morgan fingerprint density at radius 3 is 2.18 bits per heavy atom. The molecule has 3 saturated carbocycles. The zero-order valence-electron chi connectivity index (χ0n) is 10.7. The molecule has 4 heteroatoms. The Kier molecular flexibility index (Phi) is 3.40. The molecule has 0 saturated heterocycles. The quantitative estimate of drug-likeness (QED) is 0.776. The summed E-state index contributed by atoms with van der Waals surface area (Å²) in [7, 11) is 0. The highest BCUT2D eigenvalue weighted by Gasteiger charge is 2.47. The van der Waals surface area contributed by atoms with Crippen molar-refractivity contribution in [1.82, 2.24) is 10.6 Å². The fraction of sp³-hybridized carbons (Fsp3) is 0.846. The van der Waals surface area contributed by atoms with Gasteiger partial charge < -0.3 is 10.6 Å². The second-order valence-corrected chi connectivity index (χ2v) is 5.67. The van der Waals surface area contributed by atoms with Gasteiger partial charge in [-0.1, -0.05) is 12.8 Å². The zero-order valence-corrected chi connectivity index (χ0v) is 10.7. The van der Waals surface area contributed by atoms with Gasteiger partial charge in [0.2, 0.25) is 11.8 Å². The molecule has 3 rings (SSSR count). The maximum Gasteiger partial charge on any atom is 0.217 e. The molecule has 0 aromatic heterocycles. The Balaban J connectivity index is 2.11. The van der Waals surface area contributed by atoms with Gasteiger partial charge in [-0.25, -0.2) is 0 Å². The van der Waals surface area contributed by atoms with E-state index in [1.807, 2.05) is 0 Å². The van der Waals surface area contributed by atoms with E-state index >= 15 is 0 Å². The summed E-state index contributed by atoms with van der Waals surface area (Å²) in [5.41, 5.74) is -0.182. The molecule has 96 valence electrons. The molecule has 3 aliphatic carbocycles. The third-order valence-electron chi connectivity index (χ3n) is 4.36. The van der Waals surface area contributed by atoms with E-state index in [1.54, 1.807) is 6.92 Å². The summed E-state index contributed by atoms with van der Waals surface area (Å²) in [6.07, 6.45) is 5.96. The first kappa shape index (κ1) is 12.4. The zero-order chi connectivity index (χ0) is 12.5. The number of carbonyl (C=O) groups excluding carboxylic acids is 2. The van der Waals surface area contributed by atoms with Crippen LogP contribution in [0.15, 0.2) is 0 Å². The van der Waals surface area contributed by atoms with E-state index in [9.17, 15) is 9.59 Å². The summed E-state index contributed by atoms with van der Waals surface area (Å²) in [6, 6.07) is 0. The SMILES string of the molecule is CC(=O)NCC1(NC(C)=O)CC2CCC1CC2. The van der Waals surface area contributed by atoms with Gasteiger partial charge in [0.1, 0.15) is 0 Å². The predicted octanol–water partition coefficient (Wildman–Crippen LogP) is 1.21. The molecular formula is C13H22N2O2. The molecule has 0 aliphatic heterocycles. The van der Waals surface area contributed by atoms with Crippen molar-refractivity contribution < 1.29 is 9.59 Å². The van der Waals surface area contributed by atoms with Crippen molar-refractivity contribution in [2.24, 2.45) is 11.8 Å². The molecule has 1 atom stereocenters. The van der Waals surface area contributed by atoms with Crippen molar-refractivity contribution in [2.45, 2.75) is 51.5 Å². The van der Waals surface area contributed by atoms with Crippen molar-refractivity contribution in [3.8, 4) is 0 Å². The number of hydrogen-bond donors (Lipinski definition) is 2. The van der Waals surface area contributed by atoms with Crippen LogP contribution in [0.5, 0.6) is 0 Å². The summed E-state index contributed by atoms with van der Waals surface area (Å²) in [4.78, 5) is 22.5. The van der Waals surface area contributed by atoms with Crippen LogP contribution in [-0.4, -0.2) is 23.9 Å². The van der Waals surface area contributed by atoms with Crippen LogP contribution in [0, 0.1) is 11.8 Å². The van der Waals surface area contributed by atoms with E-state index in [0.717, 1.165) is 12.3 Å². The molecule has 2 N–H and O–H groups in total. The Bertz CT molecular complexity index is 321. The minimum atomic E-state index is -0.182. The van der Waals surface area contributed by atoms with Gasteiger partial charge in [0.05, 0.1) is 5.54 Å². The predicted molar refractivity (Wildman–Crippen MR) is 65.3 cm³/mol. The fourth-order valence-corrected chi connectivity index (χ4v) is 3.65. The number of amides is 2. The summed E-state index contributed by atoms with van der Waals surface area (Å²) in [5.74, 6) is 1.25. The molecule has 0 aromatic rings. The normalized spacial score (nSPS) is 35.4. The van der Waals surface area contributed by atoms with Crippen molar-refractivity contribution >= 4 is 11.8 Å². The van der Waals surface area contributed by atoms with Crippen LogP contribution in [-0.2, 0) is 9.59 Å². The van der Waals surface area contributed by atoms with Crippen LogP contribution in [0.2, 0.25) is 0 Å². The van der Waals surface area contributed by atoms with Gasteiger partial charge in [0.25, 0.3) is 0 Å². The summed E-state index contributed by atoms with van der Waals surface area (Å²) in [6.45, 7) is 3.68. The van der Waals surface area contributed by atoms with E-state index in [4.69, 9.17) is 0 Å². The molecule has 2 amide bonds. The first-order chi connectivity index (χ1) is 8.02. The molecule has 0 spiro atoms. The summed E-state index contributed by atoms with van der Waals surface area (Å²) < 4.78 is 0. The van der Waals surface area contributed by atoms with Gasteiger partial charge >= 0.3 is 0 Å². The van der Waals surface area contributed by atoms with Crippen LogP contribution in [0.1, 0.15) is 46.0 Å². The molecule has 0 radical (unpaired) electrons. The monoisotopic (exact) mass is 238 g/mol. The standard InChI is InChI=1S/C13H22N2O2/c1-9(16)14-8-13(15-10(2)17)7-11-3-5-12(13)6-4-11/h11-12H,3-8H2,1-2H3,(H,14,16)(H,15,17). The molecule has 1 unspecified atom stereocenters. The Labute approximate surface area is 103 Å². The molecule has 3 aliphatic rings. The molecule has 3 fully saturated rings. The van der Waals surface area contributed by atoms with Gasteiger partial charge in [0.15, 0.2) is 0 Å². The van der Waals surface area contributed by atoms with Crippen LogP contribution in [0.4, 0.5) is 0 Å². The molecule has 17 heavy (non-hydrogen) atoms. The molecular weight excluding hydrogens is 216 g/mol. The van der Waals surface area contributed by atoms with Crippen molar-refractivity contribution in [1.29, 1.82) is 0 Å². The second kappa shape index (κ2) is 4.67. The fourth-order valence-electron chi connectivity index (χ4n) is 3.65. The third kappa shape index (κ3) is 2.61. The van der Waals surface area contributed by atoms with E-state index in [1.165, 1.54) is 32.6 Å². The maximum absolute atomic E-state index is 11.4. The highest BCUT2D eigenvalue weighted by molar-refractivity contribution is 5.75. The van der Waals surface area contributed by atoms with Crippen LogP contribution in [0.3, 0.4) is 0 Å². The number of carbonyl (C=O) groups is 2. The molecule has 4 nitrogen and oxygen atoms in total. The van der Waals surface area contributed by atoms with Crippen LogP contribution >= 0.6 is 0 Å². The third-order valence-corrected chi connectivity index (χ3v) is 4.36. The minimum Gasteiger partial charge on any atom is -0.354 e. The summed E-state index contributed by atoms with van der Waals surface area (Å²) in [5, 5.41) is 6.02. The van der Waals surface area contributed by atoms with Crippen molar-refractivity contribution in [2.75, 3.05) is 6.54 Å². The Morgan fingerprint density at radius 2 is 1.76 bits per heavy atom. The maximum atomic E-state index is 11.4. The average molecular weight is 238 g/mol. The molecule has 0 heterocycles. The number of nitrogens with one attached hydrogen (secondary N) is 2. The van der Waals surface area contributed by atoms with E-state index in [2.05, 4.69) is 10.6 Å². The van der Waals surface area contributed by atoms with E-state index < -0.39 is 0 Å². The lowest BCUT2D eigenvalue weighted by molar-refractivity contribution is -0.125. The van der Waals surface area contributed by atoms with E-state index in [0.29, 0.717) is 12.5 Å². The lowest BCUT2D eigenvalue weighted by Crippen LogP contribution is -2.63. The smallest absolute Gasteiger partial charge is 0.217 e. The topological polar surface area (TPSA) is 58.2 Å². The van der Waals surface area contributed by atoms with Crippen molar-refractivity contribution in [3.63, 3.8) is 0 Å². The Hall–Kier alpha value is -1.06. The first-order valence-corrected chi connectivity index (χ1v) is 6.55. The average Bonchev–Trinajstić information content (AvgIpc) is 2.27. The largest absolute Gasteiger partial charge is 0.354 e. The van der Waals surface area contributed by atoms with Crippen LogP contribution in [0.25, 0.3) is 0 Å². The minimum absolute atomic E-state index is 0.0166. The van der Waals surface area contributed by atoms with Gasteiger partial charge in [-0.3, -0.25) is 9.59 Å². The van der Waals surface area contributed by atoms with Gasteiger partial charge in [-0.15, -0.1) is 0 Å².